The molecule has 2 heterocycles. The number of amides is 1. The van der Waals surface area contributed by atoms with Gasteiger partial charge in [-0.05, 0) is 17.7 Å². The van der Waals surface area contributed by atoms with Crippen molar-refractivity contribution in [2.24, 2.45) is 0 Å². The highest BCUT2D eigenvalue weighted by atomic mass is 32.1. The van der Waals surface area contributed by atoms with Crippen molar-refractivity contribution in [3.8, 4) is 0 Å². The van der Waals surface area contributed by atoms with Gasteiger partial charge in [0.1, 0.15) is 0 Å². The molecule has 1 amide bonds. The lowest BCUT2D eigenvalue weighted by molar-refractivity contribution is -0.192. The maximum Gasteiger partial charge on any atom is 0.490 e. The highest BCUT2D eigenvalue weighted by Gasteiger charge is 2.40. The summed E-state index contributed by atoms with van der Waals surface area (Å²) in [4.78, 5) is 34.1. The van der Waals surface area contributed by atoms with Gasteiger partial charge in [-0.15, -0.1) is 11.3 Å². The second-order valence-corrected chi connectivity index (χ2v) is 8.30. The molecule has 1 aliphatic heterocycles. The minimum atomic E-state index is -5.08. The zero-order valence-corrected chi connectivity index (χ0v) is 18.7. The molecule has 1 aliphatic rings. The third kappa shape index (κ3) is 9.30. The van der Waals surface area contributed by atoms with Gasteiger partial charge < -0.3 is 15.2 Å². The molecule has 0 spiro atoms. The van der Waals surface area contributed by atoms with Crippen LogP contribution in [0.3, 0.4) is 0 Å². The number of nitrogens with one attached hydrogen (secondary N) is 1. The number of morpholine rings is 1. The molecule has 1 atom stereocenters. The Morgan fingerprint density at radius 1 is 1.00 bits per heavy atom. The number of alkyl halides is 6. The summed E-state index contributed by atoms with van der Waals surface area (Å²) in [5, 5.41) is 9.80. The van der Waals surface area contributed by atoms with Gasteiger partial charge in [-0.3, -0.25) is 14.5 Å². The lowest BCUT2D eigenvalue weighted by Crippen LogP contribution is -2.47. The maximum absolute atomic E-state index is 12.5. The van der Waals surface area contributed by atoms with Gasteiger partial charge in [0.2, 0.25) is 0 Å². The van der Waals surface area contributed by atoms with Gasteiger partial charge in [-0.1, -0.05) is 30.3 Å². The Kier molecular flexibility index (Phi) is 9.80. The van der Waals surface area contributed by atoms with Crippen molar-refractivity contribution in [3.05, 3.63) is 57.8 Å². The topological polar surface area (TPSA) is 95.9 Å². The average Bonchev–Trinajstić information content (AvgIpc) is 3.27. The molecule has 3 rings (SSSR count). The van der Waals surface area contributed by atoms with Crippen LogP contribution >= 0.6 is 11.3 Å². The molecule has 192 valence electrons. The number of carboxylic acids is 1. The number of hydrogen-bond acceptors (Lipinski definition) is 6. The van der Waals surface area contributed by atoms with E-state index in [1.807, 2.05) is 30.3 Å². The summed E-state index contributed by atoms with van der Waals surface area (Å²) in [6.45, 7) is 2.98. The number of ether oxygens (including phenoxy) is 1. The Morgan fingerprint density at radius 3 is 2.17 bits per heavy atom. The number of thiophene rings is 1. The number of carbonyl (C=O) groups is 3. The normalized spacial score (nSPS) is 16.7. The van der Waals surface area contributed by atoms with Crippen LogP contribution in [-0.2, 0) is 16.1 Å². The van der Waals surface area contributed by atoms with Crippen LogP contribution in [0.1, 0.15) is 24.9 Å². The monoisotopic (exact) mass is 526 g/mol. The minimum Gasteiger partial charge on any atom is -0.475 e. The number of benzene rings is 1. The van der Waals surface area contributed by atoms with Crippen molar-refractivity contribution in [2.45, 2.75) is 25.0 Å². The molecule has 1 unspecified atom stereocenters. The molecule has 1 fully saturated rings. The first-order valence-electron chi connectivity index (χ1n) is 9.95. The predicted molar refractivity (Wildman–Crippen MR) is 112 cm³/mol. The Hall–Kier alpha value is -2.97. The first kappa shape index (κ1) is 28.3. The number of carboxylic acid groups (broad SMARTS) is 1. The third-order valence-corrected chi connectivity index (χ3v) is 5.60. The van der Waals surface area contributed by atoms with Crippen LogP contribution in [0.15, 0.2) is 42.5 Å². The number of nitrogens with zero attached hydrogens (tertiary/aromatic N) is 1. The fourth-order valence-electron chi connectivity index (χ4n) is 2.90. The largest absolute Gasteiger partial charge is 0.490 e. The summed E-state index contributed by atoms with van der Waals surface area (Å²) in [7, 11) is 0. The summed E-state index contributed by atoms with van der Waals surface area (Å²) in [5.41, 5.74) is 1.19. The van der Waals surface area contributed by atoms with Crippen molar-refractivity contribution in [2.75, 3.05) is 26.2 Å². The van der Waals surface area contributed by atoms with Crippen LogP contribution in [0.2, 0.25) is 0 Å². The van der Waals surface area contributed by atoms with Crippen LogP contribution in [0.25, 0.3) is 0 Å². The van der Waals surface area contributed by atoms with Crippen LogP contribution in [0, 0.1) is 0 Å². The van der Waals surface area contributed by atoms with E-state index in [1.165, 1.54) is 11.6 Å². The van der Waals surface area contributed by atoms with Gasteiger partial charge in [0.25, 0.3) is 11.7 Å². The van der Waals surface area contributed by atoms with Crippen LogP contribution in [-0.4, -0.2) is 72.4 Å². The molecule has 1 aromatic carbocycles. The predicted octanol–water partition coefficient (Wildman–Crippen LogP) is 3.76. The molecule has 14 heteroatoms. The van der Waals surface area contributed by atoms with Gasteiger partial charge in [-0.25, -0.2) is 4.79 Å². The molecule has 2 aromatic rings. The minimum absolute atomic E-state index is 0.0598. The number of hydrogen-bond donors (Lipinski definition) is 2. The van der Waals surface area contributed by atoms with E-state index in [2.05, 4.69) is 10.2 Å². The fourth-order valence-corrected chi connectivity index (χ4v) is 3.79. The van der Waals surface area contributed by atoms with Crippen LogP contribution < -0.4 is 5.32 Å². The number of carbonyl (C=O) groups excluding carboxylic acids is 2. The quantitative estimate of drug-likeness (QED) is 0.440. The van der Waals surface area contributed by atoms with Gasteiger partial charge in [0.15, 0.2) is 0 Å². The standard InChI is InChI=1S/C19H19F3N2O3S.C2HF3O2/c20-19(21,22)17(25)15-6-7-16(28-15)18(26)23-10-14-12-24(8-9-27-14)11-13-4-2-1-3-5-13;3-2(4,5)1(6)7/h1-7,14H,8-12H2,(H,23,26);(H,6,7). The number of rotatable bonds is 6. The zero-order valence-electron chi connectivity index (χ0n) is 17.9. The zero-order chi connectivity index (χ0) is 26.2. The highest BCUT2D eigenvalue weighted by molar-refractivity contribution is 7.16. The second-order valence-electron chi connectivity index (χ2n) is 7.22. The summed E-state index contributed by atoms with van der Waals surface area (Å²) in [6, 6.07) is 12.3. The molecule has 2 N–H and O–H groups in total. The van der Waals surface area contributed by atoms with E-state index < -0.39 is 34.9 Å². The molecule has 7 nitrogen and oxygen atoms in total. The summed E-state index contributed by atoms with van der Waals surface area (Å²) in [6.07, 6.45) is -10.2. The van der Waals surface area contributed by atoms with E-state index in [1.54, 1.807) is 0 Å². The van der Waals surface area contributed by atoms with Crippen LogP contribution in [0.4, 0.5) is 26.3 Å². The molecule has 0 radical (unpaired) electrons. The van der Waals surface area contributed by atoms with E-state index in [0.29, 0.717) is 24.5 Å². The molecule has 0 saturated carbocycles. The lowest BCUT2D eigenvalue weighted by Gasteiger charge is -2.33. The van der Waals surface area contributed by atoms with Gasteiger partial charge in [-0.2, -0.15) is 26.3 Å². The Bertz CT molecular complexity index is 1010. The number of ketones is 1. The molecular formula is C21H20F6N2O5S. The van der Waals surface area contributed by atoms with Crippen molar-refractivity contribution < 1.29 is 50.6 Å². The van der Waals surface area contributed by atoms with Crippen molar-refractivity contribution >= 4 is 29.0 Å². The van der Waals surface area contributed by atoms with Crippen molar-refractivity contribution in [3.63, 3.8) is 0 Å². The van der Waals surface area contributed by atoms with Gasteiger partial charge in [0, 0.05) is 26.2 Å². The molecule has 35 heavy (non-hydrogen) atoms. The Labute approximate surface area is 199 Å². The Balaban J connectivity index is 0.000000540. The highest BCUT2D eigenvalue weighted by Crippen LogP contribution is 2.26. The van der Waals surface area contributed by atoms with E-state index in [9.17, 15) is 35.9 Å². The molecule has 1 saturated heterocycles. The number of aliphatic carboxylic acids is 1. The second kappa shape index (κ2) is 12.1. The molecule has 1 aromatic heterocycles. The smallest absolute Gasteiger partial charge is 0.475 e. The summed E-state index contributed by atoms with van der Waals surface area (Å²) < 4.78 is 74.8. The van der Waals surface area contributed by atoms with E-state index in [4.69, 9.17) is 14.6 Å². The average molecular weight is 526 g/mol. The fraction of sp³-hybridized carbons (Fsp3) is 0.381. The Morgan fingerprint density at radius 2 is 1.60 bits per heavy atom. The maximum atomic E-state index is 12.5. The lowest BCUT2D eigenvalue weighted by atomic mass is 10.2. The first-order chi connectivity index (χ1) is 16.3. The van der Waals surface area contributed by atoms with Crippen molar-refractivity contribution in [1.29, 1.82) is 0 Å². The molecule has 0 bridgehead atoms. The number of Topliss-reactive ketones (excluding diaryl/α,β-unsaturated/α-hetero) is 1. The van der Waals surface area contributed by atoms with Gasteiger partial charge >= 0.3 is 18.3 Å². The molecule has 0 aliphatic carbocycles. The molecular weight excluding hydrogens is 506 g/mol. The summed E-state index contributed by atoms with van der Waals surface area (Å²) in [5.74, 6) is -5.22. The van der Waals surface area contributed by atoms with E-state index in [0.717, 1.165) is 19.2 Å². The first-order valence-corrected chi connectivity index (χ1v) is 10.8. The van der Waals surface area contributed by atoms with Crippen molar-refractivity contribution in [1.82, 2.24) is 10.2 Å². The third-order valence-electron chi connectivity index (χ3n) is 4.52. The number of halogens is 6. The van der Waals surface area contributed by atoms with E-state index >= 15 is 0 Å². The van der Waals surface area contributed by atoms with Gasteiger partial charge in [0.05, 0.1) is 22.5 Å². The SMILES string of the molecule is O=C(NCC1CN(Cc2ccccc2)CCO1)c1ccc(C(=O)C(F)(F)F)s1.O=C(O)C(F)(F)F. The van der Waals surface area contributed by atoms with Crippen LogP contribution in [0.5, 0.6) is 0 Å². The summed E-state index contributed by atoms with van der Waals surface area (Å²) >= 11 is 0.532. The van der Waals surface area contributed by atoms with E-state index in [-0.39, 0.29) is 17.5 Å².